The number of aromatic nitrogens is 3. The van der Waals surface area contributed by atoms with E-state index in [-0.39, 0.29) is 0 Å². The first-order valence-corrected chi connectivity index (χ1v) is 16.9. The Morgan fingerprint density at radius 1 is 0.688 bits per heavy atom. The minimum atomic E-state index is -4.64. The van der Waals surface area contributed by atoms with Gasteiger partial charge >= 0.3 is 7.82 Å². The maximum Gasteiger partial charge on any atom is 0.466 e. The summed E-state index contributed by atoms with van der Waals surface area (Å²) >= 11 is 0. The van der Waals surface area contributed by atoms with Crippen LogP contribution in [0, 0.1) is 0 Å². The monoisotopic (exact) mass is 680 g/mol. The minimum absolute atomic E-state index is 0.576. The summed E-state index contributed by atoms with van der Waals surface area (Å²) in [4.78, 5) is 40.8. The van der Waals surface area contributed by atoms with Gasteiger partial charge in [-0.15, -0.1) is 0 Å². The van der Waals surface area contributed by atoms with Gasteiger partial charge in [-0.05, 0) is 71.3 Å². The molecule has 0 amide bonds. The fraction of sp³-hybridized carbons (Fsp3) is 0.364. The molecule has 0 unspecified atom stereocenters. The molecule has 1 aromatic heterocycles. The van der Waals surface area contributed by atoms with E-state index in [0.717, 1.165) is 55.4 Å². The molecular formula is C33H41N6O8P. The van der Waals surface area contributed by atoms with Gasteiger partial charge in [0.05, 0.1) is 28.4 Å². The Hall–Kier alpha value is -4.62. The van der Waals surface area contributed by atoms with E-state index in [1.165, 1.54) is 27.8 Å². The van der Waals surface area contributed by atoms with E-state index in [4.69, 9.17) is 53.1 Å². The van der Waals surface area contributed by atoms with E-state index in [1.54, 1.807) is 28.4 Å². The lowest BCUT2D eigenvalue weighted by Crippen LogP contribution is -2.35. The van der Waals surface area contributed by atoms with Gasteiger partial charge in [-0.25, -0.2) is 4.57 Å². The maximum atomic E-state index is 8.88. The molecule has 0 radical (unpaired) electrons. The van der Waals surface area contributed by atoms with Crippen LogP contribution in [0.15, 0.2) is 54.6 Å². The summed E-state index contributed by atoms with van der Waals surface area (Å²) < 4.78 is 31.1. The summed E-state index contributed by atoms with van der Waals surface area (Å²) in [5.74, 6) is 4.84. The van der Waals surface area contributed by atoms with Crippen molar-refractivity contribution < 1.29 is 38.2 Å². The van der Waals surface area contributed by atoms with Gasteiger partial charge < -0.3 is 48.7 Å². The van der Waals surface area contributed by atoms with Crippen LogP contribution < -0.4 is 34.1 Å². The molecule has 3 heterocycles. The standard InChI is InChI=1S/C33H38N6O4.H3O4P/c1-40-27-16-23-11-14-38(20-25(23)18-29(27)42-3)32-35-31(34-13-10-22-8-6-5-7-9-22)36-33(37-32)39-15-12-24-17-28(41-2)30(43-4)19-26(24)21-39;1-5(2,3)4/h5-9,16-19H,10-15,20-21H2,1-4H3,(H,34,35,36,37);(H3,1,2,3,4). The molecule has 256 valence electrons. The Morgan fingerprint density at radius 3 is 1.52 bits per heavy atom. The maximum absolute atomic E-state index is 8.88. The molecule has 0 atom stereocenters. The van der Waals surface area contributed by atoms with Crippen LogP contribution in [0.3, 0.4) is 0 Å². The SMILES string of the molecule is COc1cc2c(cc1OC)CN(c1nc(NCCc3ccccc3)nc(N3CCc4cc(OC)c(OC)cc4C3)n1)CC2.O=P(O)(O)O. The zero-order valence-electron chi connectivity index (χ0n) is 27.4. The zero-order valence-corrected chi connectivity index (χ0v) is 28.3. The molecule has 4 aromatic rings. The van der Waals surface area contributed by atoms with Crippen LogP contribution in [0.25, 0.3) is 0 Å². The molecule has 0 saturated carbocycles. The fourth-order valence-electron chi connectivity index (χ4n) is 5.79. The quantitative estimate of drug-likeness (QED) is 0.179. The van der Waals surface area contributed by atoms with E-state index < -0.39 is 7.82 Å². The molecule has 15 heteroatoms. The molecule has 4 N–H and O–H groups in total. The molecule has 6 rings (SSSR count). The predicted octanol–water partition coefficient (Wildman–Crippen LogP) is 3.76. The summed E-state index contributed by atoms with van der Waals surface area (Å²) in [6, 6.07) is 18.7. The third-order valence-electron chi connectivity index (χ3n) is 8.15. The van der Waals surface area contributed by atoms with Crippen molar-refractivity contribution in [3.8, 4) is 23.0 Å². The molecular weight excluding hydrogens is 639 g/mol. The van der Waals surface area contributed by atoms with Crippen LogP contribution in [-0.2, 0) is 36.9 Å². The van der Waals surface area contributed by atoms with Crippen LogP contribution in [-0.4, -0.2) is 77.7 Å². The fourth-order valence-corrected chi connectivity index (χ4v) is 5.79. The average molecular weight is 681 g/mol. The highest BCUT2D eigenvalue weighted by atomic mass is 31.2. The van der Waals surface area contributed by atoms with Crippen LogP contribution in [0.1, 0.15) is 27.8 Å². The second-order valence-corrected chi connectivity index (χ2v) is 12.3. The summed E-state index contributed by atoms with van der Waals surface area (Å²) in [5, 5.41) is 3.47. The number of methoxy groups -OCH3 is 4. The topological polar surface area (TPSA) is 172 Å². The minimum Gasteiger partial charge on any atom is -0.493 e. The summed E-state index contributed by atoms with van der Waals surface area (Å²) in [6.07, 6.45) is 2.58. The molecule has 2 aliphatic heterocycles. The number of nitrogens with zero attached hydrogens (tertiary/aromatic N) is 5. The Morgan fingerprint density at radius 2 is 1.10 bits per heavy atom. The number of anilines is 3. The second-order valence-electron chi connectivity index (χ2n) is 11.2. The van der Waals surface area contributed by atoms with E-state index >= 15 is 0 Å². The molecule has 48 heavy (non-hydrogen) atoms. The highest BCUT2D eigenvalue weighted by Gasteiger charge is 2.26. The molecule has 0 fully saturated rings. The molecule has 0 saturated heterocycles. The van der Waals surface area contributed by atoms with Crippen molar-refractivity contribution in [2.75, 3.05) is 63.2 Å². The number of rotatable bonds is 10. The molecule has 0 spiro atoms. The zero-order chi connectivity index (χ0) is 34.3. The lowest BCUT2D eigenvalue weighted by Gasteiger charge is -2.32. The summed E-state index contributed by atoms with van der Waals surface area (Å²) in [6.45, 7) is 3.63. The van der Waals surface area contributed by atoms with Crippen molar-refractivity contribution in [1.29, 1.82) is 0 Å². The van der Waals surface area contributed by atoms with Gasteiger partial charge in [-0.1, -0.05) is 30.3 Å². The summed E-state index contributed by atoms with van der Waals surface area (Å²) in [7, 11) is 2.03. The van der Waals surface area contributed by atoms with Gasteiger partial charge in [0.2, 0.25) is 17.8 Å². The van der Waals surface area contributed by atoms with Crippen molar-refractivity contribution in [1.82, 2.24) is 15.0 Å². The Kier molecular flexibility index (Phi) is 11.2. The number of benzene rings is 3. The second kappa shape index (κ2) is 15.5. The van der Waals surface area contributed by atoms with E-state index in [9.17, 15) is 0 Å². The first kappa shape index (κ1) is 34.7. The molecule has 0 aliphatic carbocycles. The van der Waals surface area contributed by atoms with Crippen LogP contribution >= 0.6 is 7.82 Å². The predicted molar refractivity (Wildman–Crippen MR) is 181 cm³/mol. The number of fused-ring (bicyclic) bond motifs is 2. The molecule has 3 aromatic carbocycles. The van der Waals surface area contributed by atoms with E-state index in [2.05, 4.69) is 63.6 Å². The van der Waals surface area contributed by atoms with Crippen molar-refractivity contribution >= 4 is 25.7 Å². The lowest BCUT2D eigenvalue weighted by atomic mass is 9.99. The normalized spacial score (nSPS) is 13.8. The van der Waals surface area contributed by atoms with Crippen molar-refractivity contribution in [3.05, 3.63) is 82.4 Å². The number of nitrogens with one attached hydrogen (secondary N) is 1. The van der Waals surface area contributed by atoms with Crippen molar-refractivity contribution in [3.63, 3.8) is 0 Å². The number of ether oxygens (including phenoxy) is 4. The van der Waals surface area contributed by atoms with Gasteiger partial charge in [-0.3, -0.25) is 0 Å². The lowest BCUT2D eigenvalue weighted by molar-refractivity contribution is 0.275. The van der Waals surface area contributed by atoms with Crippen LogP contribution in [0.2, 0.25) is 0 Å². The third-order valence-corrected chi connectivity index (χ3v) is 8.15. The highest BCUT2D eigenvalue weighted by Crippen LogP contribution is 2.36. The Bertz CT molecular complexity index is 1660. The Labute approximate surface area is 279 Å². The van der Waals surface area contributed by atoms with Gasteiger partial charge in [0, 0.05) is 32.7 Å². The molecule has 14 nitrogen and oxygen atoms in total. The summed E-state index contributed by atoms with van der Waals surface area (Å²) in [5.41, 5.74) is 6.12. The third kappa shape index (κ3) is 8.84. The first-order chi connectivity index (χ1) is 23.1. The van der Waals surface area contributed by atoms with Gasteiger partial charge in [0.15, 0.2) is 23.0 Å². The molecule has 0 bridgehead atoms. The van der Waals surface area contributed by atoms with Gasteiger partial charge in [0.25, 0.3) is 0 Å². The van der Waals surface area contributed by atoms with Crippen LogP contribution in [0.4, 0.5) is 17.8 Å². The van der Waals surface area contributed by atoms with Gasteiger partial charge in [0.1, 0.15) is 0 Å². The Balaban J connectivity index is 0.000000840. The number of hydrogen-bond donors (Lipinski definition) is 4. The van der Waals surface area contributed by atoms with Crippen LogP contribution in [0.5, 0.6) is 23.0 Å². The van der Waals surface area contributed by atoms with Crippen molar-refractivity contribution in [2.24, 2.45) is 0 Å². The average Bonchev–Trinajstić information content (AvgIpc) is 3.09. The highest BCUT2D eigenvalue weighted by molar-refractivity contribution is 7.45. The first-order valence-electron chi connectivity index (χ1n) is 15.4. The smallest absolute Gasteiger partial charge is 0.466 e. The van der Waals surface area contributed by atoms with E-state index in [1.807, 2.05) is 6.07 Å². The van der Waals surface area contributed by atoms with Gasteiger partial charge in [-0.2, -0.15) is 15.0 Å². The number of hydrogen-bond acceptors (Lipinski definition) is 11. The largest absolute Gasteiger partial charge is 0.493 e. The van der Waals surface area contributed by atoms with E-state index in [0.29, 0.717) is 37.5 Å². The van der Waals surface area contributed by atoms with Crippen molar-refractivity contribution in [2.45, 2.75) is 32.4 Å². The number of phosphoric acid groups is 1. The molecule has 2 aliphatic rings.